The molecule has 1 aliphatic rings. The summed E-state index contributed by atoms with van der Waals surface area (Å²) in [4.78, 5) is 21.9. The summed E-state index contributed by atoms with van der Waals surface area (Å²) in [6.07, 6.45) is 3.40. The van der Waals surface area contributed by atoms with E-state index in [0.29, 0.717) is 17.4 Å². The maximum Gasteiger partial charge on any atom is 0.365 e. The van der Waals surface area contributed by atoms with E-state index in [0.717, 1.165) is 31.6 Å². The van der Waals surface area contributed by atoms with E-state index < -0.39 is 0 Å². The Morgan fingerprint density at radius 1 is 1.04 bits per heavy atom. The number of benzene rings is 1. The fourth-order valence-corrected chi connectivity index (χ4v) is 3.36. The first kappa shape index (κ1) is 21.6. The van der Waals surface area contributed by atoms with Gasteiger partial charge in [0.15, 0.2) is 0 Å². The van der Waals surface area contributed by atoms with Crippen LogP contribution < -0.4 is 0 Å². The lowest BCUT2D eigenvalue weighted by Crippen LogP contribution is -2.39. The molecule has 0 N–H and O–H groups in total. The quantitative estimate of drug-likeness (QED) is 0.572. The minimum absolute atomic E-state index is 0. The van der Waals surface area contributed by atoms with Gasteiger partial charge in [0.25, 0.3) is 0 Å². The van der Waals surface area contributed by atoms with Gasteiger partial charge in [-0.05, 0) is 53.2 Å². The van der Waals surface area contributed by atoms with Gasteiger partial charge in [-0.15, -0.1) is 12.4 Å². The van der Waals surface area contributed by atoms with Crippen LogP contribution in [0.3, 0.4) is 0 Å². The average molecular weight is 368 g/mol. The predicted octanol–water partition coefficient (Wildman–Crippen LogP) is 3.16. The summed E-state index contributed by atoms with van der Waals surface area (Å²) in [6.45, 7) is 1.87. The Morgan fingerprint density at radius 2 is 1.56 bits per heavy atom. The lowest BCUT2D eigenvalue weighted by atomic mass is 9.79. The summed E-state index contributed by atoms with van der Waals surface area (Å²) >= 11 is 0. The van der Waals surface area contributed by atoms with Crippen LogP contribution in [0, 0.1) is 11.8 Å². The highest BCUT2D eigenvalue weighted by Crippen LogP contribution is 2.28. The zero-order valence-electron chi connectivity index (χ0n) is 15.6. The van der Waals surface area contributed by atoms with Crippen molar-refractivity contribution in [2.45, 2.75) is 19.3 Å². The van der Waals surface area contributed by atoms with Crippen LogP contribution in [-0.2, 0) is 4.84 Å². The predicted molar refractivity (Wildman–Crippen MR) is 104 cm³/mol. The standard InChI is InChI=1S/C19H29N3O2.ClH/c1-21(2)13-16-11-8-12-17(14-22(3)4)18(16)20-24-19(23)15-9-6-5-7-10-15;/h5-7,9-10,16-17H,8,11-14H2,1-4H3;1H. The molecule has 6 heteroatoms. The van der Waals surface area contributed by atoms with Crippen LogP contribution in [0.25, 0.3) is 0 Å². The molecular formula is C19H30ClN3O2. The van der Waals surface area contributed by atoms with Gasteiger partial charge in [0.05, 0.1) is 11.3 Å². The van der Waals surface area contributed by atoms with Crippen LogP contribution in [0.15, 0.2) is 35.5 Å². The molecular weight excluding hydrogens is 338 g/mol. The highest BCUT2D eigenvalue weighted by atomic mass is 35.5. The molecule has 0 saturated heterocycles. The van der Waals surface area contributed by atoms with Crippen molar-refractivity contribution in [2.75, 3.05) is 41.3 Å². The normalized spacial score (nSPS) is 20.3. The molecule has 1 aromatic rings. The Hall–Kier alpha value is -1.43. The Bertz CT molecular complexity index is 541. The maximum absolute atomic E-state index is 12.2. The summed E-state index contributed by atoms with van der Waals surface area (Å²) in [5, 5.41) is 4.34. The van der Waals surface area contributed by atoms with E-state index in [1.165, 1.54) is 6.42 Å². The van der Waals surface area contributed by atoms with Gasteiger partial charge in [-0.3, -0.25) is 0 Å². The van der Waals surface area contributed by atoms with Gasteiger partial charge >= 0.3 is 5.97 Å². The minimum atomic E-state index is -0.388. The first-order valence-electron chi connectivity index (χ1n) is 8.61. The summed E-state index contributed by atoms with van der Waals surface area (Å²) in [7, 11) is 8.29. The number of hydrogen-bond acceptors (Lipinski definition) is 5. The second-order valence-corrected chi connectivity index (χ2v) is 7.11. The van der Waals surface area contributed by atoms with Crippen LogP contribution in [0.1, 0.15) is 29.6 Å². The second kappa shape index (κ2) is 10.5. The highest BCUT2D eigenvalue weighted by Gasteiger charge is 2.31. The number of halogens is 1. The number of rotatable bonds is 6. The monoisotopic (exact) mass is 367 g/mol. The van der Waals surface area contributed by atoms with Gasteiger partial charge in [0, 0.05) is 24.9 Å². The Balaban J connectivity index is 0.00000312. The van der Waals surface area contributed by atoms with Crippen molar-refractivity contribution in [1.29, 1.82) is 0 Å². The largest absolute Gasteiger partial charge is 0.365 e. The van der Waals surface area contributed by atoms with E-state index in [1.54, 1.807) is 12.1 Å². The molecule has 0 aromatic heterocycles. The van der Waals surface area contributed by atoms with E-state index in [-0.39, 0.29) is 18.4 Å². The van der Waals surface area contributed by atoms with Crippen molar-refractivity contribution in [3.63, 3.8) is 0 Å². The maximum atomic E-state index is 12.2. The van der Waals surface area contributed by atoms with Gasteiger partial charge in [0.2, 0.25) is 0 Å². The lowest BCUT2D eigenvalue weighted by molar-refractivity contribution is 0.0508. The molecule has 2 rings (SSSR count). The summed E-state index contributed by atoms with van der Waals surface area (Å²) in [6, 6.07) is 9.03. The van der Waals surface area contributed by atoms with Crippen LogP contribution >= 0.6 is 12.4 Å². The smallest absolute Gasteiger partial charge is 0.313 e. The lowest BCUT2D eigenvalue weighted by Gasteiger charge is -2.33. The molecule has 0 amide bonds. The molecule has 0 spiro atoms. The van der Waals surface area contributed by atoms with E-state index in [4.69, 9.17) is 4.84 Å². The minimum Gasteiger partial charge on any atom is -0.313 e. The number of hydrogen-bond donors (Lipinski definition) is 0. The van der Waals surface area contributed by atoms with E-state index in [1.807, 2.05) is 18.2 Å². The van der Waals surface area contributed by atoms with Crippen LogP contribution in [0.2, 0.25) is 0 Å². The molecule has 0 aliphatic heterocycles. The van der Waals surface area contributed by atoms with E-state index in [9.17, 15) is 4.79 Å². The van der Waals surface area contributed by atoms with Crippen molar-refractivity contribution in [3.05, 3.63) is 35.9 Å². The van der Waals surface area contributed by atoms with Gasteiger partial charge in [-0.25, -0.2) is 4.79 Å². The highest BCUT2D eigenvalue weighted by molar-refractivity contribution is 5.92. The molecule has 2 unspecified atom stereocenters. The number of carbonyl (C=O) groups excluding carboxylic acids is 1. The van der Waals surface area contributed by atoms with Gasteiger partial charge in [-0.2, -0.15) is 0 Å². The van der Waals surface area contributed by atoms with Crippen molar-refractivity contribution in [3.8, 4) is 0 Å². The number of nitrogens with zero attached hydrogens (tertiary/aromatic N) is 3. The molecule has 0 bridgehead atoms. The molecule has 0 heterocycles. The van der Waals surface area contributed by atoms with Crippen molar-refractivity contribution >= 4 is 24.1 Å². The molecule has 25 heavy (non-hydrogen) atoms. The second-order valence-electron chi connectivity index (χ2n) is 7.11. The molecule has 1 saturated carbocycles. The fraction of sp³-hybridized carbons (Fsp3) is 0.579. The number of oxime groups is 1. The Morgan fingerprint density at radius 3 is 2.04 bits per heavy atom. The van der Waals surface area contributed by atoms with Crippen LogP contribution in [0.5, 0.6) is 0 Å². The Kier molecular flexibility index (Phi) is 9.11. The third kappa shape index (κ3) is 6.77. The van der Waals surface area contributed by atoms with Crippen molar-refractivity contribution < 1.29 is 9.63 Å². The first-order chi connectivity index (χ1) is 11.5. The third-order valence-electron chi connectivity index (χ3n) is 4.36. The fourth-order valence-electron chi connectivity index (χ4n) is 3.36. The van der Waals surface area contributed by atoms with Crippen molar-refractivity contribution in [1.82, 2.24) is 9.80 Å². The molecule has 1 aliphatic carbocycles. The molecule has 1 aromatic carbocycles. The SMILES string of the molecule is CN(C)CC1CCCC(CN(C)C)C1=NOC(=O)c1ccccc1.Cl. The third-order valence-corrected chi connectivity index (χ3v) is 4.36. The summed E-state index contributed by atoms with van der Waals surface area (Å²) < 4.78 is 0. The van der Waals surface area contributed by atoms with E-state index in [2.05, 4.69) is 43.1 Å². The van der Waals surface area contributed by atoms with Gasteiger partial charge < -0.3 is 14.6 Å². The van der Waals surface area contributed by atoms with Crippen LogP contribution in [-0.4, -0.2) is 62.8 Å². The zero-order chi connectivity index (χ0) is 17.5. The number of carbonyl (C=O) groups is 1. The molecule has 5 nitrogen and oxygen atoms in total. The average Bonchev–Trinajstić information content (AvgIpc) is 2.54. The van der Waals surface area contributed by atoms with Gasteiger partial charge in [0.1, 0.15) is 0 Å². The van der Waals surface area contributed by atoms with E-state index >= 15 is 0 Å². The molecule has 0 radical (unpaired) electrons. The Labute approximate surface area is 157 Å². The first-order valence-corrected chi connectivity index (χ1v) is 8.61. The molecule has 2 atom stereocenters. The summed E-state index contributed by atoms with van der Waals surface area (Å²) in [5.74, 6) is 0.311. The topological polar surface area (TPSA) is 45.1 Å². The summed E-state index contributed by atoms with van der Waals surface area (Å²) in [5.41, 5.74) is 1.57. The van der Waals surface area contributed by atoms with Crippen LogP contribution in [0.4, 0.5) is 0 Å². The van der Waals surface area contributed by atoms with Gasteiger partial charge in [-0.1, -0.05) is 29.8 Å². The molecule has 140 valence electrons. The van der Waals surface area contributed by atoms with Crippen molar-refractivity contribution in [2.24, 2.45) is 17.0 Å². The zero-order valence-corrected chi connectivity index (χ0v) is 16.5. The molecule has 1 fully saturated rings.